The summed E-state index contributed by atoms with van der Waals surface area (Å²) in [6.45, 7) is -0.511. The fourth-order valence-corrected chi connectivity index (χ4v) is 2.99. The molecule has 1 aliphatic heterocycles. The molecule has 19 heavy (non-hydrogen) atoms. The van der Waals surface area contributed by atoms with Crippen LogP contribution in [0.1, 0.15) is 32.1 Å². The Bertz CT molecular complexity index is 345. The van der Waals surface area contributed by atoms with Gasteiger partial charge in [0.1, 0.15) is 0 Å². The Morgan fingerprint density at radius 3 is 2.32 bits per heavy atom. The van der Waals surface area contributed by atoms with Crippen molar-refractivity contribution in [3.63, 3.8) is 0 Å². The molecule has 1 saturated carbocycles. The molecule has 0 aromatic heterocycles. The SMILES string of the molecule is O=C(NC1(CO)CCCC1)C1(C(F)(F)F)CCNC1. The lowest BCUT2D eigenvalue weighted by Gasteiger charge is -2.35. The molecule has 0 radical (unpaired) electrons. The number of hydrogen-bond acceptors (Lipinski definition) is 3. The zero-order valence-corrected chi connectivity index (χ0v) is 10.6. The molecule has 1 atom stereocenters. The first-order chi connectivity index (χ1) is 8.85. The van der Waals surface area contributed by atoms with Crippen LogP contribution in [0.15, 0.2) is 0 Å². The molecule has 0 aromatic rings. The third-order valence-electron chi connectivity index (χ3n) is 4.37. The molecule has 110 valence electrons. The van der Waals surface area contributed by atoms with Crippen molar-refractivity contribution >= 4 is 5.91 Å². The Balaban J connectivity index is 2.17. The summed E-state index contributed by atoms with van der Waals surface area (Å²) in [4.78, 5) is 12.2. The minimum Gasteiger partial charge on any atom is -0.394 e. The van der Waals surface area contributed by atoms with E-state index in [4.69, 9.17) is 0 Å². The van der Waals surface area contributed by atoms with E-state index in [2.05, 4.69) is 10.6 Å². The minimum atomic E-state index is -4.57. The Labute approximate surface area is 109 Å². The van der Waals surface area contributed by atoms with Crippen molar-refractivity contribution in [2.24, 2.45) is 5.41 Å². The van der Waals surface area contributed by atoms with Crippen LogP contribution in [-0.4, -0.2) is 42.4 Å². The van der Waals surface area contributed by atoms with Gasteiger partial charge in [-0.15, -0.1) is 0 Å². The molecule has 1 saturated heterocycles. The molecule has 3 N–H and O–H groups in total. The van der Waals surface area contributed by atoms with Crippen molar-refractivity contribution in [1.29, 1.82) is 0 Å². The second-order valence-electron chi connectivity index (χ2n) is 5.61. The highest BCUT2D eigenvalue weighted by atomic mass is 19.4. The average molecular weight is 280 g/mol. The maximum Gasteiger partial charge on any atom is 0.404 e. The van der Waals surface area contributed by atoms with E-state index in [9.17, 15) is 23.1 Å². The highest BCUT2D eigenvalue weighted by Crippen LogP contribution is 2.44. The molecule has 0 bridgehead atoms. The minimum absolute atomic E-state index is 0.180. The van der Waals surface area contributed by atoms with Gasteiger partial charge in [0, 0.05) is 6.54 Å². The lowest BCUT2D eigenvalue weighted by atomic mass is 9.83. The zero-order valence-electron chi connectivity index (χ0n) is 10.6. The standard InChI is InChI=1S/C12H19F3N2O2/c13-12(14,15)11(5-6-16-7-11)9(19)17-10(8-18)3-1-2-4-10/h16,18H,1-8H2,(H,17,19). The van der Waals surface area contributed by atoms with E-state index in [1.54, 1.807) is 0 Å². The Morgan fingerprint density at radius 1 is 1.26 bits per heavy atom. The monoisotopic (exact) mass is 280 g/mol. The second kappa shape index (κ2) is 4.94. The van der Waals surface area contributed by atoms with E-state index < -0.39 is 23.0 Å². The van der Waals surface area contributed by atoms with Crippen LogP contribution >= 0.6 is 0 Å². The van der Waals surface area contributed by atoms with Crippen molar-refractivity contribution in [2.45, 2.75) is 43.8 Å². The van der Waals surface area contributed by atoms with Gasteiger partial charge >= 0.3 is 6.18 Å². The summed E-state index contributed by atoms with van der Waals surface area (Å²) < 4.78 is 39.6. The van der Waals surface area contributed by atoms with E-state index in [-0.39, 0.29) is 26.1 Å². The van der Waals surface area contributed by atoms with Gasteiger partial charge in [-0.3, -0.25) is 4.79 Å². The number of rotatable bonds is 3. The van der Waals surface area contributed by atoms with Crippen molar-refractivity contribution < 1.29 is 23.1 Å². The van der Waals surface area contributed by atoms with E-state index in [1.807, 2.05) is 0 Å². The first kappa shape index (κ1) is 14.6. The molecule has 0 aromatic carbocycles. The van der Waals surface area contributed by atoms with Gasteiger partial charge < -0.3 is 15.7 Å². The quantitative estimate of drug-likeness (QED) is 0.721. The third-order valence-corrected chi connectivity index (χ3v) is 4.37. The summed E-state index contributed by atoms with van der Waals surface area (Å²) in [5.74, 6) is -0.999. The summed E-state index contributed by atoms with van der Waals surface area (Å²) in [5, 5.41) is 14.5. The third kappa shape index (κ3) is 2.45. The van der Waals surface area contributed by atoms with Crippen LogP contribution in [0.2, 0.25) is 0 Å². The number of carbonyl (C=O) groups is 1. The van der Waals surface area contributed by atoms with E-state index in [1.165, 1.54) is 0 Å². The molecule has 2 aliphatic rings. The first-order valence-corrected chi connectivity index (χ1v) is 6.56. The van der Waals surface area contributed by atoms with Gasteiger partial charge in [-0.25, -0.2) is 0 Å². The maximum absolute atomic E-state index is 13.2. The predicted molar refractivity (Wildman–Crippen MR) is 62.4 cm³/mol. The largest absolute Gasteiger partial charge is 0.404 e. The molecule has 1 aliphatic carbocycles. The molecule has 7 heteroatoms. The van der Waals surface area contributed by atoms with Gasteiger partial charge in [0.25, 0.3) is 0 Å². The van der Waals surface area contributed by atoms with E-state index in [0.717, 1.165) is 12.8 Å². The van der Waals surface area contributed by atoms with Crippen LogP contribution < -0.4 is 10.6 Å². The van der Waals surface area contributed by atoms with Crippen LogP contribution in [0, 0.1) is 5.41 Å². The summed E-state index contributed by atoms with van der Waals surface area (Å²) in [6, 6.07) is 0. The van der Waals surface area contributed by atoms with Gasteiger partial charge in [0.15, 0.2) is 5.41 Å². The topological polar surface area (TPSA) is 61.4 Å². The number of nitrogens with one attached hydrogen (secondary N) is 2. The van der Waals surface area contributed by atoms with Gasteiger partial charge in [-0.05, 0) is 25.8 Å². The van der Waals surface area contributed by atoms with Gasteiger partial charge in [-0.2, -0.15) is 13.2 Å². The lowest BCUT2D eigenvalue weighted by molar-refractivity contribution is -0.217. The summed E-state index contributed by atoms with van der Waals surface area (Å²) >= 11 is 0. The Morgan fingerprint density at radius 2 is 1.89 bits per heavy atom. The number of carbonyl (C=O) groups excluding carboxylic acids is 1. The van der Waals surface area contributed by atoms with E-state index >= 15 is 0 Å². The highest BCUT2D eigenvalue weighted by molar-refractivity contribution is 5.85. The van der Waals surface area contributed by atoms with Gasteiger partial charge in [0.2, 0.25) is 5.91 Å². The van der Waals surface area contributed by atoms with Crippen molar-refractivity contribution in [2.75, 3.05) is 19.7 Å². The normalized spacial score (nSPS) is 30.5. The molecule has 0 spiro atoms. The number of hydrogen-bond donors (Lipinski definition) is 3. The highest BCUT2D eigenvalue weighted by Gasteiger charge is 2.62. The molecule has 1 amide bonds. The van der Waals surface area contributed by atoms with Crippen molar-refractivity contribution in [1.82, 2.24) is 10.6 Å². The number of aliphatic hydroxyl groups excluding tert-OH is 1. The van der Waals surface area contributed by atoms with Crippen LogP contribution in [-0.2, 0) is 4.79 Å². The van der Waals surface area contributed by atoms with Crippen LogP contribution in [0.4, 0.5) is 13.2 Å². The smallest absolute Gasteiger partial charge is 0.394 e. The summed E-state index contributed by atoms with van der Waals surface area (Å²) in [7, 11) is 0. The van der Waals surface area contributed by atoms with Crippen LogP contribution in [0.3, 0.4) is 0 Å². The molecule has 1 unspecified atom stereocenters. The molecule has 4 nitrogen and oxygen atoms in total. The van der Waals surface area contributed by atoms with Crippen LogP contribution in [0.25, 0.3) is 0 Å². The predicted octanol–water partition coefficient (Wildman–Crippen LogP) is 0.950. The second-order valence-corrected chi connectivity index (χ2v) is 5.61. The maximum atomic E-state index is 13.2. The van der Waals surface area contributed by atoms with Gasteiger partial charge in [-0.1, -0.05) is 12.8 Å². The van der Waals surface area contributed by atoms with Crippen molar-refractivity contribution in [3.05, 3.63) is 0 Å². The fraction of sp³-hybridized carbons (Fsp3) is 0.917. The number of halogens is 3. The summed E-state index contributed by atoms with van der Waals surface area (Å²) in [5.41, 5.74) is -3.21. The van der Waals surface area contributed by atoms with E-state index in [0.29, 0.717) is 12.8 Å². The fourth-order valence-electron chi connectivity index (χ4n) is 2.99. The number of aliphatic hydroxyl groups is 1. The van der Waals surface area contributed by atoms with Crippen LogP contribution in [0.5, 0.6) is 0 Å². The molecular weight excluding hydrogens is 261 g/mol. The Kier molecular flexibility index (Phi) is 3.79. The zero-order chi connectivity index (χ0) is 14.1. The molecule has 2 rings (SSSR count). The van der Waals surface area contributed by atoms with Gasteiger partial charge in [0.05, 0.1) is 12.1 Å². The molecule has 2 fully saturated rings. The number of alkyl halides is 3. The van der Waals surface area contributed by atoms with Crippen molar-refractivity contribution in [3.8, 4) is 0 Å². The molecular formula is C12H19F3N2O2. The first-order valence-electron chi connectivity index (χ1n) is 6.56. The Hall–Kier alpha value is -0.820. The number of amides is 1. The molecule has 1 heterocycles. The summed E-state index contributed by atoms with van der Waals surface area (Å²) in [6.07, 6.45) is -2.11. The average Bonchev–Trinajstić information content (AvgIpc) is 2.97. The lowest BCUT2D eigenvalue weighted by Crippen LogP contribution is -2.59.